The topological polar surface area (TPSA) is 49.8 Å². The van der Waals surface area contributed by atoms with Crippen molar-refractivity contribution >= 4 is 5.97 Å². The Hall–Kier alpha value is -0.610. The summed E-state index contributed by atoms with van der Waals surface area (Å²) in [6.45, 7) is 2.21. The third-order valence-corrected chi connectivity index (χ3v) is 2.94. The summed E-state index contributed by atoms with van der Waals surface area (Å²) >= 11 is 0. The molecule has 0 bridgehead atoms. The summed E-state index contributed by atoms with van der Waals surface area (Å²) in [6.07, 6.45) is 4.94. The normalized spacial score (nSPS) is 21.9. The maximum Gasteiger partial charge on any atom is 0.323 e. The average molecular weight is 215 g/mol. The number of hydrogen-bond acceptors (Lipinski definition) is 4. The van der Waals surface area contributed by atoms with Gasteiger partial charge in [0.15, 0.2) is 0 Å². The van der Waals surface area contributed by atoms with E-state index in [9.17, 15) is 4.79 Å². The first-order valence-corrected chi connectivity index (χ1v) is 5.72. The maximum absolute atomic E-state index is 11.4. The number of likely N-dealkylation sites (tertiary alicyclic amines) is 1. The van der Waals surface area contributed by atoms with Crippen molar-refractivity contribution in [1.82, 2.24) is 4.90 Å². The van der Waals surface area contributed by atoms with E-state index in [0.29, 0.717) is 0 Å². The quantitative estimate of drug-likeness (QED) is 0.525. The average Bonchev–Trinajstić information content (AvgIpc) is 2.71. The zero-order chi connectivity index (χ0) is 11.1. The van der Waals surface area contributed by atoms with Crippen LogP contribution < -0.4 is 0 Å². The summed E-state index contributed by atoms with van der Waals surface area (Å²) < 4.78 is 4.77. The predicted octanol–water partition coefficient (Wildman–Crippen LogP) is 0.786. The van der Waals surface area contributed by atoms with Crippen molar-refractivity contribution in [2.75, 3.05) is 26.8 Å². The van der Waals surface area contributed by atoms with Gasteiger partial charge in [-0.1, -0.05) is 0 Å². The number of aliphatic hydroxyl groups excluding tert-OH is 1. The third kappa shape index (κ3) is 3.80. The lowest BCUT2D eigenvalue weighted by Gasteiger charge is -2.21. The van der Waals surface area contributed by atoms with E-state index >= 15 is 0 Å². The Bertz CT molecular complexity index is 196. The van der Waals surface area contributed by atoms with Crippen LogP contribution >= 0.6 is 0 Å². The summed E-state index contributed by atoms with van der Waals surface area (Å²) in [6, 6.07) is -0.0240. The van der Waals surface area contributed by atoms with Gasteiger partial charge in [0.2, 0.25) is 0 Å². The highest BCUT2D eigenvalue weighted by molar-refractivity contribution is 5.75. The number of nitrogens with zero attached hydrogens (tertiary/aromatic N) is 1. The van der Waals surface area contributed by atoms with Crippen LogP contribution in [0.5, 0.6) is 0 Å². The zero-order valence-corrected chi connectivity index (χ0v) is 9.45. The Labute approximate surface area is 91.2 Å². The van der Waals surface area contributed by atoms with E-state index in [2.05, 4.69) is 4.90 Å². The van der Waals surface area contributed by atoms with Crippen LogP contribution in [0.15, 0.2) is 0 Å². The minimum Gasteiger partial charge on any atom is -0.468 e. The SMILES string of the molecule is COC(=O)C1CCCN1CCCCCO. The van der Waals surface area contributed by atoms with E-state index in [1.165, 1.54) is 7.11 Å². The van der Waals surface area contributed by atoms with Crippen LogP contribution in [0.4, 0.5) is 0 Å². The Morgan fingerprint density at radius 1 is 1.47 bits per heavy atom. The van der Waals surface area contributed by atoms with Gasteiger partial charge in [-0.2, -0.15) is 0 Å². The van der Waals surface area contributed by atoms with Crippen molar-refractivity contribution in [3.8, 4) is 0 Å². The molecule has 1 unspecified atom stereocenters. The fourth-order valence-corrected chi connectivity index (χ4v) is 2.10. The molecule has 0 spiro atoms. The summed E-state index contributed by atoms with van der Waals surface area (Å²) in [5, 5.41) is 8.65. The molecule has 0 saturated carbocycles. The van der Waals surface area contributed by atoms with Crippen LogP contribution in [-0.2, 0) is 9.53 Å². The van der Waals surface area contributed by atoms with Crippen LogP contribution in [-0.4, -0.2) is 48.8 Å². The molecular weight excluding hydrogens is 194 g/mol. The molecule has 1 N–H and O–H groups in total. The molecule has 15 heavy (non-hydrogen) atoms. The van der Waals surface area contributed by atoms with Gasteiger partial charge >= 0.3 is 5.97 Å². The molecular formula is C11H21NO3. The van der Waals surface area contributed by atoms with Crippen LogP contribution in [0.1, 0.15) is 32.1 Å². The number of aliphatic hydroxyl groups is 1. The molecule has 4 nitrogen and oxygen atoms in total. The largest absolute Gasteiger partial charge is 0.468 e. The molecule has 1 aliphatic rings. The van der Waals surface area contributed by atoms with Crippen LogP contribution in [0.25, 0.3) is 0 Å². The monoisotopic (exact) mass is 215 g/mol. The number of unbranched alkanes of at least 4 members (excludes halogenated alkanes) is 2. The van der Waals surface area contributed by atoms with Crippen LogP contribution in [0.2, 0.25) is 0 Å². The van der Waals surface area contributed by atoms with E-state index in [4.69, 9.17) is 9.84 Å². The van der Waals surface area contributed by atoms with Gasteiger partial charge in [-0.3, -0.25) is 9.69 Å². The Morgan fingerprint density at radius 3 is 2.93 bits per heavy atom. The van der Waals surface area contributed by atoms with Crippen molar-refractivity contribution in [2.24, 2.45) is 0 Å². The van der Waals surface area contributed by atoms with E-state index in [1.54, 1.807) is 0 Å². The first-order valence-electron chi connectivity index (χ1n) is 5.72. The van der Waals surface area contributed by atoms with Gasteiger partial charge in [0.25, 0.3) is 0 Å². The van der Waals surface area contributed by atoms with E-state index in [-0.39, 0.29) is 18.6 Å². The molecule has 88 valence electrons. The van der Waals surface area contributed by atoms with Gasteiger partial charge in [0, 0.05) is 6.61 Å². The highest BCUT2D eigenvalue weighted by atomic mass is 16.5. The molecule has 0 amide bonds. The van der Waals surface area contributed by atoms with E-state index < -0.39 is 0 Å². The predicted molar refractivity (Wildman–Crippen MR) is 57.5 cm³/mol. The van der Waals surface area contributed by atoms with Crippen molar-refractivity contribution in [3.05, 3.63) is 0 Å². The summed E-state index contributed by atoms with van der Waals surface area (Å²) in [7, 11) is 1.45. The smallest absolute Gasteiger partial charge is 0.323 e. The Kier molecular flexibility index (Phi) is 5.65. The van der Waals surface area contributed by atoms with Gasteiger partial charge in [-0.05, 0) is 45.2 Å². The van der Waals surface area contributed by atoms with Crippen LogP contribution in [0.3, 0.4) is 0 Å². The number of esters is 1. The number of carbonyl (C=O) groups is 1. The van der Waals surface area contributed by atoms with Gasteiger partial charge < -0.3 is 9.84 Å². The first-order chi connectivity index (χ1) is 7.29. The fourth-order valence-electron chi connectivity index (χ4n) is 2.10. The lowest BCUT2D eigenvalue weighted by atomic mass is 10.2. The minimum atomic E-state index is -0.102. The number of methoxy groups -OCH3 is 1. The lowest BCUT2D eigenvalue weighted by Crippen LogP contribution is -2.37. The highest BCUT2D eigenvalue weighted by Gasteiger charge is 2.30. The lowest BCUT2D eigenvalue weighted by molar-refractivity contribution is -0.145. The van der Waals surface area contributed by atoms with Crippen molar-refractivity contribution in [2.45, 2.75) is 38.1 Å². The molecule has 1 atom stereocenters. The molecule has 0 aromatic rings. The Morgan fingerprint density at radius 2 is 2.27 bits per heavy atom. The minimum absolute atomic E-state index is 0.0240. The molecule has 1 rings (SSSR count). The summed E-state index contributed by atoms with van der Waals surface area (Å²) in [5.74, 6) is -0.102. The molecule has 0 aromatic heterocycles. The standard InChI is InChI=1S/C11H21NO3/c1-15-11(14)10-6-5-8-12(10)7-3-2-4-9-13/h10,13H,2-9H2,1H3. The number of carbonyl (C=O) groups excluding carboxylic acids is 1. The fraction of sp³-hybridized carbons (Fsp3) is 0.909. The second-order valence-corrected chi connectivity index (χ2v) is 4.00. The van der Waals surface area contributed by atoms with E-state index in [1.807, 2.05) is 0 Å². The maximum atomic E-state index is 11.4. The van der Waals surface area contributed by atoms with Crippen molar-refractivity contribution in [1.29, 1.82) is 0 Å². The van der Waals surface area contributed by atoms with Gasteiger partial charge in [-0.25, -0.2) is 0 Å². The zero-order valence-electron chi connectivity index (χ0n) is 9.45. The molecule has 1 saturated heterocycles. The number of ether oxygens (including phenoxy) is 1. The highest BCUT2D eigenvalue weighted by Crippen LogP contribution is 2.18. The van der Waals surface area contributed by atoms with Gasteiger partial charge in [0.1, 0.15) is 6.04 Å². The summed E-state index contributed by atoms with van der Waals surface area (Å²) in [4.78, 5) is 13.6. The van der Waals surface area contributed by atoms with Crippen LogP contribution in [0, 0.1) is 0 Å². The molecule has 0 aromatic carbocycles. The number of rotatable bonds is 6. The molecule has 1 aliphatic heterocycles. The third-order valence-electron chi connectivity index (χ3n) is 2.94. The van der Waals surface area contributed by atoms with E-state index in [0.717, 1.165) is 45.2 Å². The Balaban J connectivity index is 2.24. The first kappa shape index (κ1) is 12.5. The number of hydrogen-bond donors (Lipinski definition) is 1. The van der Waals surface area contributed by atoms with Gasteiger partial charge in [-0.15, -0.1) is 0 Å². The van der Waals surface area contributed by atoms with Crippen molar-refractivity contribution < 1.29 is 14.6 Å². The molecule has 0 aliphatic carbocycles. The molecule has 0 radical (unpaired) electrons. The molecule has 1 heterocycles. The van der Waals surface area contributed by atoms with Crippen molar-refractivity contribution in [3.63, 3.8) is 0 Å². The molecule has 1 fully saturated rings. The summed E-state index contributed by atoms with van der Waals surface area (Å²) in [5.41, 5.74) is 0. The molecule has 4 heteroatoms. The van der Waals surface area contributed by atoms with Gasteiger partial charge in [0.05, 0.1) is 7.11 Å². The second-order valence-electron chi connectivity index (χ2n) is 4.00. The second kappa shape index (κ2) is 6.80.